The average Bonchev–Trinajstić information content (AvgIpc) is 1.63. The van der Waals surface area contributed by atoms with Crippen LogP contribution in [-0.4, -0.2) is 25.4 Å². The van der Waals surface area contributed by atoms with Gasteiger partial charge in [0.1, 0.15) is 0 Å². The Morgan fingerprint density at radius 1 is 1.67 bits per heavy atom. The van der Waals surface area contributed by atoms with E-state index in [-0.39, 0.29) is 6.54 Å². The highest BCUT2D eigenvalue weighted by Crippen LogP contribution is 1.86. The zero-order chi connectivity index (χ0) is 7.28. The summed E-state index contributed by atoms with van der Waals surface area (Å²) in [5.41, 5.74) is 4.63. The standard InChI is InChI=1S/C4H8F2N2O/c5-3(6)1-8-2-4(7)9/h3,8H,1-2H2,(H2,7,9). The van der Waals surface area contributed by atoms with E-state index < -0.39 is 18.9 Å². The van der Waals surface area contributed by atoms with Gasteiger partial charge in [-0.05, 0) is 0 Å². The molecule has 9 heavy (non-hydrogen) atoms. The summed E-state index contributed by atoms with van der Waals surface area (Å²) in [6, 6.07) is 0. The summed E-state index contributed by atoms with van der Waals surface area (Å²) < 4.78 is 22.5. The van der Waals surface area contributed by atoms with Crippen LogP contribution < -0.4 is 11.1 Å². The van der Waals surface area contributed by atoms with Crippen LogP contribution in [0.4, 0.5) is 8.78 Å². The minimum atomic E-state index is -2.43. The first-order valence-corrected chi connectivity index (χ1v) is 2.40. The fourth-order valence-corrected chi connectivity index (χ4v) is 0.304. The molecule has 0 spiro atoms. The molecular formula is C4H8F2N2O. The molecule has 3 nitrogen and oxygen atoms in total. The van der Waals surface area contributed by atoms with Gasteiger partial charge in [0.2, 0.25) is 5.91 Å². The molecule has 0 unspecified atom stereocenters. The number of hydrogen-bond acceptors (Lipinski definition) is 2. The molecule has 0 atom stereocenters. The van der Waals surface area contributed by atoms with Crippen molar-refractivity contribution in [3.63, 3.8) is 0 Å². The van der Waals surface area contributed by atoms with Gasteiger partial charge >= 0.3 is 0 Å². The van der Waals surface area contributed by atoms with Crippen molar-refractivity contribution in [1.29, 1.82) is 0 Å². The molecule has 3 N–H and O–H groups in total. The Balaban J connectivity index is 3.01. The number of nitrogens with one attached hydrogen (secondary N) is 1. The molecule has 0 aliphatic rings. The first-order valence-electron chi connectivity index (χ1n) is 2.40. The molecule has 0 rings (SSSR count). The number of nitrogens with two attached hydrogens (primary N) is 1. The Hall–Kier alpha value is -0.710. The van der Waals surface area contributed by atoms with E-state index in [1.165, 1.54) is 0 Å². The Morgan fingerprint density at radius 3 is 2.56 bits per heavy atom. The van der Waals surface area contributed by atoms with E-state index in [2.05, 4.69) is 11.1 Å². The van der Waals surface area contributed by atoms with Crippen LogP contribution in [0.5, 0.6) is 0 Å². The fourth-order valence-electron chi connectivity index (χ4n) is 0.304. The second kappa shape index (κ2) is 4.20. The number of carbonyl (C=O) groups is 1. The second-order valence-electron chi connectivity index (χ2n) is 1.49. The van der Waals surface area contributed by atoms with Gasteiger partial charge < -0.3 is 11.1 Å². The lowest BCUT2D eigenvalue weighted by molar-refractivity contribution is -0.117. The Morgan fingerprint density at radius 2 is 2.22 bits per heavy atom. The van der Waals surface area contributed by atoms with Crippen molar-refractivity contribution in [1.82, 2.24) is 5.32 Å². The van der Waals surface area contributed by atoms with Crippen molar-refractivity contribution < 1.29 is 13.6 Å². The van der Waals surface area contributed by atoms with Crippen LogP contribution >= 0.6 is 0 Å². The number of rotatable bonds is 4. The van der Waals surface area contributed by atoms with Gasteiger partial charge in [-0.1, -0.05) is 0 Å². The van der Waals surface area contributed by atoms with Crippen LogP contribution in [0.25, 0.3) is 0 Å². The maximum Gasteiger partial charge on any atom is 0.250 e. The Kier molecular flexibility index (Phi) is 3.87. The first-order chi connectivity index (χ1) is 4.13. The fraction of sp³-hybridized carbons (Fsp3) is 0.750. The number of halogens is 2. The molecular weight excluding hydrogens is 130 g/mol. The van der Waals surface area contributed by atoms with Crippen LogP contribution in [0.3, 0.4) is 0 Å². The van der Waals surface area contributed by atoms with E-state index in [4.69, 9.17) is 0 Å². The molecule has 0 aliphatic carbocycles. The zero-order valence-electron chi connectivity index (χ0n) is 4.73. The molecule has 0 saturated carbocycles. The molecule has 0 bridgehead atoms. The highest BCUT2D eigenvalue weighted by Gasteiger charge is 2.00. The van der Waals surface area contributed by atoms with Crippen LogP contribution in [0.2, 0.25) is 0 Å². The SMILES string of the molecule is NC(=O)CNCC(F)F. The summed E-state index contributed by atoms with van der Waals surface area (Å²) in [7, 11) is 0. The van der Waals surface area contributed by atoms with Gasteiger partial charge in [-0.2, -0.15) is 0 Å². The van der Waals surface area contributed by atoms with Gasteiger partial charge in [-0.3, -0.25) is 4.79 Å². The Bertz CT molecular complexity index is 96.6. The molecule has 0 aromatic carbocycles. The van der Waals surface area contributed by atoms with Crippen molar-refractivity contribution in [2.45, 2.75) is 6.43 Å². The Labute approximate surface area is 51.2 Å². The van der Waals surface area contributed by atoms with Crippen LogP contribution in [-0.2, 0) is 4.79 Å². The molecule has 0 aromatic rings. The van der Waals surface area contributed by atoms with Gasteiger partial charge in [-0.25, -0.2) is 8.78 Å². The summed E-state index contributed by atoms with van der Waals surface area (Å²) in [5.74, 6) is -0.629. The van der Waals surface area contributed by atoms with Crippen molar-refractivity contribution >= 4 is 5.91 Å². The minimum Gasteiger partial charge on any atom is -0.369 e. The second-order valence-corrected chi connectivity index (χ2v) is 1.49. The monoisotopic (exact) mass is 138 g/mol. The lowest BCUT2D eigenvalue weighted by atomic mass is 10.6. The molecule has 0 saturated heterocycles. The van der Waals surface area contributed by atoms with E-state index in [1.807, 2.05) is 0 Å². The third-order valence-corrected chi connectivity index (χ3v) is 0.598. The van der Waals surface area contributed by atoms with Crippen LogP contribution in [0.1, 0.15) is 0 Å². The summed E-state index contributed by atoms with van der Waals surface area (Å²) >= 11 is 0. The molecule has 0 aromatic heterocycles. The lowest BCUT2D eigenvalue weighted by Crippen LogP contribution is -2.31. The molecule has 5 heteroatoms. The normalized spacial score (nSPS) is 10.1. The van der Waals surface area contributed by atoms with Gasteiger partial charge in [0.15, 0.2) is 0 Å². The molecule has 0 fully saturated rings. The highest BCUT2D eigenvalue weighted by molar-refractivity contribution is 5.75. The van der Waals surface area contributed by atoms with Crippen molar-refractivity contribution in [2.75, 3.05) is 13.1 Å². The van der Waals surface area contributed by atoms with E-state index in [0.717, 1.165) is 0 Å². The molecule has 0 heterocycles. The predicted molar refractivity (Wildman–Crippen MR) is 28.1 cm³/mol. The maximum atomic E-state index is 11.3. The van der Waals surface area contributed by atoms with E-state index >= 15 is 0 Å². The third kappa shape index (κ3) is 7.29. The molecule has 54 valence electrons. The molecule has 0 aliphatic heterocycles. The lowest BCUT2D eigenvalue weighted by Gasteiger charge is -1.98. The molecule has 1 amide bonds. The smallest absolute Gasteiger partial charge is 0.250 e. The predicted octanol–water partition coefficient (Wildman–Crippen LogP) is -0.674. The van der Waals surface area contributed by atoms with E-state index in [9.17, 15) is 13.6 Å². The summed E-state index contributed by atoms with van der Waals surface area (Å²) in [6.45, 7) is -0.673. The number of alkyl halides is 2. The number of carbonyl (C=O) groups excluding carboxylic acids is 1. The first kappa shape index (κ1) is 8.29. The minimum absolute atomic E-state index is 0.190. The largest absolute Gasteiger partial charge is 0.369 e. The highest BCUT2D eigenvalue weighted by atomic mass is 19.3. The van der Waals surface area contributed by atoms with Gasteiger partial charge in [-0.15, -0.1) is 0 Å². The van der Waals surface area contributed by atoms with Crippen molar-refractivity contribution in [3.05, 3.63) is 0 Å². The van der Waals surface area contributed by atoms with Gasteiger partial charge in [0.25, 0.3) is 6.43 Å². The van der Waals surface area contributed by atoms with Crippen LogP contribution in [0.15, 0.2) is 0 Å². The van der Waals surface area contributed by atoms with Crippen molar-refractivity contribution in [2.24, 2.45) is 5.73 Å². The van der Waals surface area contributed by atoms with Crippen LogP contribution in [0, 0.1) is 0 Å². The van der Waals surface area contributed by atoms with E-state index in [1.54, 1.807) is 0 Å². The van der Waals surface area contributed by atoms with E-state index in [0.29, 0.717) is 0 Å². The van der Waals surface area contributed by atoms with Gasteiger partial charge in [0.05, 0.1) is 13.1 Å². The summed E-state index contributed by atoms with van der Waals surface area (Å²) in [4.78, 5) is 9.90. The summed E-state index contributed by atoms with van der Waals surface area (Å²) in [5, 5.41) is 2.16. The zero-order valence-corrected chi connectivity index (χ0v) is 4.73. The summed E-state index contributed by atoms with van der Waals surface area (Å²) in [6.07, 6.45) is -2.43. The number of hydrogen-bond donors (Lipinski definition) is 2. The number of primary amides is 1. The van der Waals surface area contributed by atoms with Crippen molar-refractivity contribution in [3.8, 4) is 0 Å². The average molecular weight is 138 g/mol. The van der Waals surface area contributed by atoms with Gasteiger partial charge in [0, 0.05) is 0 Å². The number of amides is 1. The third-order valence-electron chi connectivity index (χ3n) is 0.598. The quantitative estimate of drug-likeness (QED) is 0.541. The maximum absolute atomic E-state index is 11.3. The molecule has 0 radical (unpaired) electrons. The topological polar surface area (TPSA) is 55.1 Å².